The van der Waals surface area contributed by atoms with E-state index in [1.165, 1.54) is 14.2 Å². The van der Waals surface area contributed by atoms with E-state index in [0.29, 0.717) is 46.4 Å². The lowest BCUT2D eigenvalue weighted by Crippen LogP contribution is -2.45. The summed E-state index contributed by atoms with van der Waals surface area (Å²) in [6.45, 7) is 4.37. The van der Waals surface area contributed by atoms with Crippen LogP contribution in [0, 0.1) is 0 Å². The van der Waals surface area contributed by atoms with Crippen molar-refractivity contribution in [1.29, 1.82) is 0 Å². The average molecular weight is 471 g/mol. The first-order valence-corrected chi connectivity index (χ1v) is 11.0. The van der Waals surface area contributed by atoms with Crippen LogP contribution in [0.2, 0.25) is 0 Å². The summed E-state index contributed by atoms with van der Waals surface area (Å²) in [5, 5.41) is 5.58. The number of nitrogens with one attached hydrogen (secondary N) is 2. The Balaban J connectivity index is 2.19. The molecular formula is C25H30N2O7. The molecule has 1 unspecified atom stereocenters. The molecule has 0 fully saturated rings. The number of ether oxygens (including phenoxy) is 5. The van der Waals surface area contributed by atoms with Crippen LogP contribution in [0.3, 0.4) is 0 Å². The van der Waals surface area contributed by atoms with Gasteiger partial charge in [0.1, 0.15) is 5.75 Å². The first kappa shape index (κ1) is 24.8. The average Bonchev–Trinajstić information content (AvgIpc) is 2.86. The van der Waals surface area contributed by atoms with Gasteiger partial charge in [0, 0.05) is 0 Å². The number of benzene rings is 2. The van der Waals surface area contributed by atoms with Gasteiger partial charge in [0.2, 0.25) is 5.75 Å². The Hall–Kier alpha value is -3.88. The molecule has 0 aromatic heterocycles. The summed E-state index contributed by atoms with van der Waals surface area (Å²) in [6.07, 6.45) is 0.805. The Morgan fingerprint density at radius 1 is 0.971 bits per heavy atom. The fourth-order valence-corrected chi connectivity index (χ4v) is 3.64. The Kier molecular flexibility index (Phi) is 8.24. The molecule has 182 valence electrons. The highest BCUT2D eigenvalue weighted by molar-refractivity contribution is 6.04. The van der Waals surface area contributed by atoms with Crippen LogP contribution in [-0.4, -0.2) is 46.5 Å². The van der Waals surface area contributed by atoms with Crippen molar-refractivity contribution >= 4 is 17.7 Å². The molecule has 0 saturated heterocycles. The maximum atomic E-state index is 13.1. The molecule has 9 nitrogen and oxygen atoms in total. The molecule has 1 atom stereocenters. The summed E-state index contributed by atoms with van der Waals surface area (Å²) in [4.78, 5) is 25.8. The van der Waals surface area contributed by atoms with Crippen LogP contribution in [0.15, 0.2) is 42.0 Å². The van der Waals surface area contributed by atoms with Crippen molar-refractivity contribution in [1.82, 2.24) is 10.6 Å². The first-order chi connectivity index (χ1) is 16.5. The fourth-order valence-electron chi connectivity index (χ4n) is 3.64. The van der Waals surface area contributed by atoms with E-state index < -0.39 is 18.0 Å². The normalized spacial score (nSPS) is 15.2. The largest absolute Gasteiger partial charge is 0.497 e. The van der Waals surface area contributed by atoms with Crippen LogP contribution in [-0.2, 0) is 9.53 Å². The zero-order valence-corrected chi connectivity index (χ0v) is 20.0. The van der Waals surface area contributed by atoms with E-state index in [9.17, 15) is 9.59 Å². The SMILES string of the molecule is CCCOc1c(OC)cc(C2NC(=O)NC(c3ccc(OC)cc3)=C2C(=O)OCC)cc1OC. The van der Waals surface area contributed by atoms with Gasteiger partial charge in [-0.15, -0.1) is 0 Å². The highest BCUT2D eigenvalue weighted by Crippen LogP contribution is 2.42. The second kappa shape index (κ2) is 11.3. The van der Waals surface area contributed by atoms with E-state index in [-0.39, 0.29) is 12.2 Å². The zero-order valence-electron chi connectivity index (χ0n) is 20.0. The predicted molar refractivity (Wildman–Crippen MR) is 126 cm³/mol. The smallest absolute Gasteiger partial charge is 0.338 e. The summed E-state index contributed by atoms with van der Waals surface area (Å²) in [6, 6.07) is 9.17. The van der Waals surface area contributed by atoms with Gasteiger partial charge in [0.15, 0.2) is 11.5 Å². The van der Waals surface area contributed by atoms with E-state index in [4.69, 9.17) is 23.7 Å². The number of methoxy groups -OCH3 is 3. The molecule has 0 bridgehead atoms. The summed E-state index contributed by atoms with van der Waals surface area (Å²) < 4.78 is 27.5. The minimum absolute atomic E-state index is 0.176. The minimum Gasteiger partial charge on any atom is -0.497 e. The van der Waals surface area contributed by atoms with Gasteiger partial charge in [0.25, 0.3) is 0 Å². The lowest BCUT2D eigenvalue weighted by atomic mass is 9.92. The van der Waals surface area contributed by atoms with E-state index in [1.807, 2.05) is 6.92 Å². The minimum atomic E-state index is -0.826. The number of hydrogen-bond acceptors (Lipinski definition) is 7. The van der Waals surface area contributed by atoms with Gasteiger partial charge in [-0.3, -0.25) is 0 Å². The first-order valence-electron chi connectivity index (χ1n) is 11.0. The van der Waals surface area contributed by atoms with Gasteiger partial charge in [-0.1, -0.05) is 6.92 Å². The number of esters is 1. The van der Waals surface area contributed by atoms with Crippen molar-refractivity contribution in [2.75, 3.05) is 34.5 Å². The van der Waals surface area contributed by atoms with Crippen LogP contribution in [0.25, 0.3) is 5.70 Å². The lowest BCUT2D eigenvalue weighted by Gasteiger charge is -2.30. The van der Waals surface area contributed by atoms with Crippen molar-refractivity contribution in [3.63, 3.8) is 0 Å². The predicted octanol–water partition coefficient (Wildman–Crippen LogP) is 3.83. The Bertz CT molecular complexity index is 1040. The molecule has 0 spiro atoms. The molecule has 2 aromatic carbocycles. The summed E-state index contributed by atoms with van der Waals surface area (Å²) in [5.74, 6) is 1.38. The van der Waals surface area contributed by atoms with Crippen LogP contribution in [0.5, 0.6) is 23.0 Å². The third-order valence-electron chi connectivity index (χ3n) is 5.21. The molecule has 1 heterocycles. The summed E-state index contributed by atoms with van der Waals surface area (Å²) >= 11 is 0. The van der Waals surface area contributed by atoms with E-state index >= 15 is 0 Å². The molecular weight excluding hydrogens is 440 g/mol. The molecule has 2 aromatic rings. The number of carbonyl (C=O) groups is 2. The third-order valence-corrected chi connectivity index (χ3v) is 5.21. The van der Waals surface area contributed by atoms with Crippen LogP contribution in [0.1, 0.15) is 37.4 Å². The van der Waals surface area contributed by atoms with Gasteiger partial charge in [0.05, 0.1) is 51.9 Å². The zero-order chi connectivity index (χ0) is 24.7. The highest BCUT2D eigenvalue weighted by atomic mass is 16.5. The Morgan fingerprint density at radius 2 is 1.62 bits per heavy atom. The second-order valence-corrected chi connectivity index (χ2v) is 7.37. The molecule has 3 rings (SSSR count). The monoisotopic (exact) mass is 470 g/mol. The number of rotatable bonds is 10. The molecule has 2 amide bonds. The van der Waals surface area contributed by atoms with Gasteiger partial charge in [-0.25, -0.2) is 9.59 Å². The van der Waals surface area contributed by atoms with Crippen LogP contribution >= 0.6 is 0 Å². The van der Waals surface area contributed by atoms with Gasteiger partial charge in [-0.2, -0.15) is 0 Å². The van der Waals surface area contributed by atoms with Crippen LogP contribution in [0.4, 0.5) is 4.79 Å². The van der Waals surface area contributed by atoms with Crippen molar-refractivity contribution < 1.29 is 33.3 Å². The standard InChI is InChI=1S/C25H30N2O7/c1-6-12-34-23-18(31-4)13-16(14-19(23)32-5)22-20(24(28)33-7-2)21(26-25(29)27-22)15-8-10-17(30-3)11-9-15/h8-11,13-14,22H,6-7,12H2,1-5H3,(H2,26,27,29). The lowest BCUT2D eigenvalue weighted by molar-refractivity contribution is -0.138. The third kappa shape index (κ3) is 5.19. The molecule has 1 aliphatic rings. The van der Waals surface area contributed by atoms with E-state index in [0.717, 1.165) is 6.42 Å². The molecule has 2 N–H and O–H groups in total. The maximum absolute atomic E-state index is 13.1. The number of hydrogen-bond donors (Lipinski definition) is 2. The molecule has 34 heavy (non-hydrogen) atoms. The van der Waals surface area contributed by atoms with Gasteiger partial charge >= 0.3 is 12.0 Å². The second-order valence-electron chi connectivity index (χ2n) is 7.37. The number of urea groups is 1. The van der Waals surface area contributed by atoms with E-state index in [1.54, 1.807) is 50.4 Å². The van der Waals surface area contributed by atoms with Gasteiger partial charge in [-0.05, 0) is 60.9 Å². The van der Waals surface area contributed by atoms with Crippen molar-refractivity contribution in [3.05, 3.63) is 53.1 Å². The number of amides is 2. The van der Waals surface area contributed by atoms with E-state index in [2.05, 4.69) is 10.6 Å². The molecule has 0 radical (unpaired) electrons. The molecule has 1 aliphatic heterocycles. The maximum Gasteiger partial charge on any atom is 0.338 e. The fraction of sp³-hybridized carbons (Fsp3) is 0.360. The summed E-state index contributed by atoms with van der Waals surface area (Å²) in [7, 11) is 4.60. The van der Waals surface area contributed by atoms with Crippen molar-refractivity contribution in [2.24, 2.45) is 0 Å². The van der Waals surface area contributed by atoms with Crippen molar-refractivity contribution in [3.8, 4) is 23.0 Å². The molecule has 0 saturated carbocycles. The molecule has 9 heteroatoms. The molecule has 0 aliphatic carbocycles. The van der Waals surface area contributed by atoms with Crippen molar-refractivity contribution in [2.45, 2.75) is 26.3 Å². The number of carbonyl (C=O) groups excluding carboxylic acids is 2. The van der Waals surface area contributed by atoms with Gasteiger partial charge < -0.3 is 34.3 Å². The quantitative estimate of drug-likeness (QED) is 0.509. The van der Waals surface area contributed by atoms with Crippen LogP contribution < -0.4 is 29.6 Å². The Morgan fingerprint density at radius 3 is 2.15 bits per heavy atom. The Labute approximate surface area is 199 Å². The topological polar surface area (TPSA) is 104 Å². The highest BCUT2D eigenvalue weighted by Gasteiger charge is 2.35. The summed E-state index contributed by atoms with van der Waals surface area (Å²) in [5.41, 5.74) is 1.80.